The van der Waals surface area contributed by atoms with E-state index >= 15 is 0 Å². The average molecular weight is 240 g/mol. The lowest BCUT2D eigenvalue weighted by atomic mass is 9.98. The molecule has 0 atom stereocenters. The predicted molar refractivity (Wildman–Crippen MR) is 61.4 cm³/mol. The van der Waals surface area contributed by atoms with Crippen LogP contribution in [0.2, 0.25) is 0 Å². The monoisotopic (exact) mass is 239 g/mol. The van der Waals surface area contributed by atoms with Crippen LogP contribution in [0, 0.1) is 5.92 Å². The second kappa shape index (κ2) is 6.16. The van der Waals surface area contributed by atoms with Gasteiger partial charge in [-0.05, 0) is 32.2 Å². The van der Waals surface area contributed by atoms with Crippen molar-refractivity contribution in [2.24, 2.45) is 5.92 Å². The van der Waals surface area contributed by atoms with Gasteiger partial charge < -0.3 is 10.1 Å². The van der Waals surface area contributed by atoms with Gasteiger partial charge in [0, 0.05) is 30.5 Å². The summed E-state index contributed by atoms with van der Waals surface area (Å²) < 4.78 is 5.30. The summed E-state index contributed by atoms with van der Waals surface area (Å²) in [5, 5.41) is 3.45. The van der Waals surface area contributed by atoms with Crippen LogP contribution in [0.5, 0.6) is 0 Å². The van der Waals surface area contributed by atoms with Crippen LogP contribution in [0.25, 0.3) is 0 Å². The fraction of sp³-hybridized carbons (Fsp3) is 1.00. The van der Waals surface area contributed by atoms with Crippen LogP contribution in [0.15, 0.2) is 0 Å². The summed E-state index contributed by atoms with van der Waals surface area (Å²) in [7, 11) is 0. The van der Waals surface area contributed by atoms with Crippen molar-refractivity contribution in [2.45, 2.75) is 25.3 Å². The minimum Gasteiger partial charge on any atom is -0.381 e. The normalized spacial score (nSPS) is 19.9. The molecule has 0 spiro atoms. The molecule has 0 aromatic carbocycles. The van der Waals surface area contributed by atoms with E-state index in [-0.39, 0.29) is 5.54 Å². The summed E-state index contributed by atoms with van der Waals surface area (Å²) in [4.78, 5) is 0. The average Bonchev–Trinajstić information content (AvgIpc) is 2.27. The molecule has 4 heteroatoms. The van der Waals surface area contributed by atoms with Gasteiger partial charge in [0.05, 0.1) is 0 Å². The lowest BCUT2D eigenvalue weighted by molar-refractivity contribution is 0.0645. The molecular formula is C10H19Cl2NO. The van der Waals surface area contributed by atoms with Crippen molar-refractivity contribution in [3.8, 4) is 0 Å². The van der Waals surface area contributed by atoms with Gasteiger partial charge in [-0.25, -0.2) is 0 Å². The smallest absolute Gasteiger partial charge is 0.0469 e. The minimum atomic E-state index is -0.124. The molecule has 1 heterocycles. The highest BCUT2D eigenvalue weighted by molar-refractivity contribution is 6.22. The fourth-order valence-corrected chi connectivity index (χ4v) is 1.95. The van der Waals surface area contributed by atoms with Crippen molar-refractivity contribution in [3.05, 3.63) is 0 Å². The van der Waals surface area contributed by atoms with Crippen LogP contribution in [-0.4, -0.2) is 37.1 Å². The molecule has 1 N–H and O–H groups in total. The summed E-state index contributed by atoms with van der Waals surface area (Å²) in [5.74, 6) is 1.83. The Morgan fingerprint density at radius 1 is 1.29 bits per heavy atom. The van der Waals surface area contributed by atoms with Crippen molar-refractivity contribution in [1.29, 1.82) is 0 Å². The fourth-order valence-electron chi connectivity index (χ4n) is 1.47. The molecule has 1 saturated heterocycles. The highest BCUT2D eigenvalue weighted by Crippen LogP contribution is 2.16. The van der Waals surface area contributed by atoms with Crippen LogP contribution in [0.1, 0.15) is 19.8 Å². The Bertz CT molecular complexity index is 156. The molecule has 0 aromatic rings. The molecule has 0 bridgehead atoms. The molecular weight excluding hydrogens is 221 g/mol. The molecule has 0 amide bonds. The van der Waals surface area contributed by atoms with Crippen LogP contribution in [0.3, 0.4) is 0 Å². The quantitative estimate of drug-likeness (QED) is 0.744. The first-order chi connectivity index (χ1) is 6.70. The maximum Gasteiger partial charge on any atom is 0.0469 e. The summed E-state index contributed by atoms with van der Waals surface area (Å²) in [6, 6.07) is 0. The largest absolute Gasteiger partial charge is 0.381 e. The summed E-state index contributed by atoms with van der Waals surface area (Å²) in [5.41, 5.74) is -0.124. The maximum absolute atomic E-state index is 5.85. The Labute approximate surface area is 96.3 Å². The van der Waals surface area contributed by atoms with E-state index in [0.29, 0.717) is 11.8 Å². The van der Waals surface area contributed by atoms with Crippen molar-refractivity contribution >= 4 is 23.2 Å². The Balaban J connectivity index is 2.23. The Kier molecular flexibility index (Phi) is 5.53. The summed E-state index contributed by atoms with van der Waals surface area (Å²) in [6.45, 7) is 4.85. The lowest BCUT2D eigenvalue weighted by Crippen LogP contribution is -2.48. The first-order valence-electron chi connectivity index (χ1n) is 5.15. The van der Waals surface area contributed by atoms with Gasteiger partial charge >= 0.3 is 0 Å². The van der Waals surface area contributed by atoms with E-state index in [4.69, 9.17) is 27.9 Å². The van der Waals surface area contributed by atoms with Crippen molar-refractivity contribution in [1.82, 2.24) is 5.32 Å². The Hall–Kier alpha value is 0.500. The molecule has 0 aromatic heterocycles. The van der Waals surface area contributed by atoms with E-state index in [9.17, 15) is 0 Å². The third-order valence-corrected chi connectivity index (χ3v) is 3.93. The molecule has 0 unspecified atom stereocenters. The van der Waals surface area contributed by atoms with Crippen LogP contribution in [-0.2, 0) is 4.74 Å². The molecule has 1 aliphatic rings. The van der Waals surface area contributed by atoms with Crippen molar-refractivity contribution in [3.63, 3.8) is 0 Å². The van der Waals surface area contributed by atoms with Gasteiger partial charge in [0.2, 0.25) is 0 Å². The number of hydrogen-bond acceptors (Lipinski definition) is 2. The number of halogens is 2. The molecule has 2 nitrogen and oxygen atoms in total. The van der Waals surface area contributed by atoms with E-state index in [2.05, 4.69) is 12.2 Å². The number of hydrogen-bond donors (Lipinski definition) is 1. The van der Waals surface area contributed by atoms with Crippen LogP contribution in [0.4, 0.5) is 0 Å². The molecule has 1 rings (SSSR count). The van der Waals surface area contributed by atoms with Gasteiger partial charge in [-0.3, -0.25) is 0 Å². The second-order valence-corrected chi connectivity index (χ2v) is 4.80. The topological polar surface area (TPSA) is 21.3 Å². The molecule has 0 radical (unpaired) electrons. The standard InChI is InChI=1S/C10H19Cl2NO/c1-10(7-11,8-12)13-6-9-2-4-14-5-3-9/h9,13H,2-8H2,1H3. The van der Waals surface area contributed by atoms with Crippen molar-refractivity contribution < 1.29 is 4.74 Å². The van der Waals surface area contributed by atoms with Gasteiger partial charge in [0.1, 0.15) is 0 Å². The third kappa shape index (κ3) is 3.93. The van der Waals surface area contributed by atoms with Gasteiger partial charge in [-0.1, -0.05) is 0 Å². The number of rotatable bonds is 5. The molecule has 0 saturated carbocycles. The first kappa shape index (κ1) is 12.6. The van der Waals surface area contributed by atoms with Crippen LogP contribution >= 0.6 is 23.2 Å². The zero-order chi connectivity index (χ0) is 10.4. The molecule has 1 aliphatic heterocycles. The molecule has 0 aliphatic carbocycles. The van der Waals surface area contributed by atoms with Gasteiger partial charge in [-0.15, -0.1) is 23.2 Å². The summed E-state index contributed by atoms with van der Waals surface area (Å²) in [6.07, 6.45) is 2.29. The van der Waals surface area contributed by atoms with Crippen molar-refractivity contribution in [2.75, 3.05) is 31.5 Å². The zero-order valence-corrected chi connectivity index (χ0v) is 10.2. The molecule has 1 fully saturated rings. The molecule has 84 valence electrons. The highest BCUT2D eigenvalue weighted by Gasteiger charge is 2.23. The Morgan fingerprint density at radius 2 is 1.86 bits per heavy atom. The maximum atomic E-state index is 5.85. The van der Waals surface area contributed by atoms with E-state index < -0.39 is 0 Å². The van der Waals surface area contributed by atoms with E-state index in [1.165, 1.54) is 0 Å². The third-order valence-electron chi connectivity index (χ3n) is 2.75. The zero-order valence-electron chi connectivity index (χ0n) is 8.69. The lowest BCUT2D eigenvalue weighted by Gasteiger charge is -2.30. The first-order valence-corrected chi connectivity index (χ1v) is 6.22. The van der Waals surface area contributed by atoms with Gasteiger partial charge in [-0.2, -0.15) is 0 Å². The van der Waals surface area contributed by atoms with Gasteiger partial charge in [0.15, 0.2) is 0 Å². The highest BCUT2D eigenvalue weighted by atomic mass is 35.5. The number of alkyl halides is 2. The SMILES string of the molecule is CC(CCl)(CCl)NCC1CCOCC1. The number of nitrogens with one attached hydrogen (secondary N) is 1. The van der Waals surface area contributed by atoms with E-state index in [0.717, 1.165) is 38.5 Å². The Morgan fingerprint density at radius 3 is 2.36 bits per heavy atom. The van der Waals surface area contributed by atoms with E-state index in [1.54, 1.807) is 0 Å². The second-order valence-electron chi connectivity index (χ2n) is 4.26. The number of ether oxygens (including phenoxy) is 1. The van der Waals surface area contributed by atoms with E-state index in [1.807, 2.05) is 0 Å². The summed E-state index contributed by atoms with van der Waals surface area (Å²) >= 11 is 11.7. The minimum absolute atomic E-state index is 0.124. The predicted octanol–water partition coefficient (Wildman–Crippen LogP) is 2.24. The van der Waals surface area contributed by atoms with Gasteiger partial charge in [0.25, 0.3) is 0 Å². The molecule has 14 heavy (non-hydrogen) atoms. The van der Waals surface area contributed by atoms with Crippen LogP contribution < -0.4 is 5.32 Å².